The number of thiophene rings is 1. The molecule has 0 aromatic carbocycles. The Hall–Kier alpha value is -1.82. The van der Waals surface area contributed by atoms with E-state index in [4.69, 9.17) is 4.74 Å². The fraction of sp³-hybridized carbons (Fsp3) is 0.333. The molecule has 1 aliphatic heterocycles. The fourth-order valence-electron chi connectivity index (χ4n) is 1.84. The van der Waals surface area contributed by atoms with E-state index in [1.54, 1.807) is 13.8 Å². The van der Waals surface area contributed by atoms with Crippen LogP contribution in [0.4, 0.5) is 4.79 Å². The second kappa shape index (κ2) is 5.22. The summed E-state index contributed by atoms with van der Waals surface area (Å²) in [6, 6.07) is 3.02. The number of ether oxygens (including phenoxy) is 1. The number of allylic oxidation sites excluding steroid dienone is 1. The van der Waals surface area contributed by atoms with Crippen molar-refractivity contribution in [2.24, 2.45) is 0 Å². The predicted molar refractivity (Wildman–Crippen MR) is 68.1 cm³/mol. The molecule has 0 unspecified atom stereocenters. The molecule has 0 saturated carbocycles. The van der Waals surface area contributed by atoms with Gasteiger partial charge in [-0.15, -0.1) is 11.3 Å². The zero-order valence-corrected chi connectivity index (χ0v) is 11.0. The molecule has 1 aliphatic rings. The highest BCUT2D eigenvalue weighted by atomic mass is 32.1. The first-order valence-electron chi connectivity index (χ1n) is 5.62. The Kier molecular flexibility index (Phi) is 3.66. The molecular formula is C12H14N2O3S. The highest BCUT2D eigenvalue weighted by molar-refractivity contribution is 7.10. The van der Waals surface area contributed by atoms with Crippen LogP contribution in [0, 0.1) is 0 Å². The van der Waals surface area contributed by atoms with Gasteiger partial charge in [-0.2, -0.15) is 0 Å². The van der Waals surface area contributed by atoms with E-state index in [0.717, 1.165) is 4.88 Å². The first-order chi connectivity index (χ1) is 8.63. The van der Waals surface area contributed by atoms with Crippen LogP contribution in [-0.2, 0) is 9.53 Å². The summed E-state index contributed by atoms with van der Waals surface area (Å²) in [6.07, 6.45) is 0. The van der Waals surface area contributed by atoms with Crippen LogP contribution in [0.15, 0.2) is 28.8 Å². The van der Waals surface area contributed by atoms with Crippen LogP contribution in [0.2, 0.25) is 0 Å². The van der Waals surface area contributed by atoms with E-state index in [-0.39, 0.29) is 6.03 Å². The third kappa shape index (κ3) is 2.38. The summed E-state index contributed by atoms with van der Waals surface area (Å²) in [5, 5.41) is 7.24. The van der Waals surface area contributed by atoms with Gasteiger partial charge in [0.2, 0.25) is 0 Å². The second-order valence-electron chi connectivity index (χ2n) is 3.81. The van der Waals surface area contributed by atoms with E-state index in [2.05, 4.69) is 10.6 Å². The largest absolute Gasteiger partial charge is 0.463 e. The monoisotopic (exact) mass is 266 g/mol. The minimum atomic E-state index is -0.433. The molecule has 0 bridgehead atoms. The molecular weight excluding hydrogens is 252 g/mol. The van der Waals surface area contributed by atoms with E-state index in [9.17, 15) is 9.59 Å². The lowest BCUT2D eigenvalue weighted by Gasteiger charge is -2.26. The topological polar surface area (TPSA) is 67.4 Å². The van der Waals surface area contributed by atoms with Crippen molar-refractivity contribution in [2.45, 2.75) is 19.9 Å². The zero-order valence-electron chi connectivity index (χ0n) is 10.1. The third-order valence-corrected chi connectivity index (χ3v) is 3.53. The van der Waals surface area contributed by atoms with Crippen molar-refractivity contribution < 1.29 is 14.3 Å². The quantitative estimate of drug-likeness (QED) is 0.822. The molecule has 0 aliphatic carbocycles. The molecule has 1 aromatic rings. The second-order valence-corrected chi connectivity index (χ2v) is 4.79. The zero-order chi connectivity index (χ0) is 13.1. The van der Waals surface area contributed by atoms with Gasteiger partial charge in [0.15, 0.2) is 0 Å². The first kappa shape index (κ1) is 12.6. The van der Waals surface area contributed by atoms with Gasteiger partial charge >= 0.3 is 12.0 Å². The number of nitrogens with one attached hydrogen (secondary N) is 2. The number of amides is 2. The normalized spacial score (nSPS) is 19.2. The van der Waals surface area contributed by atoms with E-state index >= 15 is 0 Å². The van der Waals surface area contributed by atoms with Gasteiger partial charge in [0.1, 0.15) is 0 Å². The molecule has 5 nitrogen and oxygen atoms in total. The van der Waals surface area contributed by atoms with Crippen LogP contribution in [0.3, 0.4) is 0 Å². The number of hydrogen-bond acceptors (Lipinski definition) is 4. The van der Waals surface area contributed by atoms with Crippen LogP contribution in [0.5, 0.6) is 0 Å². The summed E-state index contributed by atoms with van der Waals surface area (Å²) in [6.45, 7) is 3.76. The SMILES string of the molecule is CCOC(=O)C1=C(C)NC(=O)N[C@@H]1c1cccs1. The predicted octanol–water partition coefficient (Wildman–Crippen LogP) is 1.94. The van der Waals surface area contributed by atoms with Crippen LogP contribution < -0.4 is 10.6 Å². The standard InChI is InChI=1S/C12H14N2O3S/c1-3-17-11(15)9-7(2)13-12(16)14-10(9)8-5-4-6-18-8/h4-6,10H,3H2,1-2H3,(H2,13,14,16)/t10-/m1/s1. The molecule has 2 heterocycles. The van der Waals surface area contributed by atoms with Gasteiger partial charge in [-0.1, -0.05) is 6.07 Å². The van der Waals surface area contributed by atoms with E-state index < -0.39 is 12.0 Å². The van der Waals surface area contributed by atoms with E-state index in [1.807, 2.05) is 17.5 Å². The third-order valence-electron chi connectivity index (χ3n) is 2.59. The van der Waals surface area contributed by atoms with E-state index in [1.165, 1.54) is 11.3 Å². The number of esters is 1. The van der Waals surface area contributed by atoms with Gasteiger partial charge in [-0.25, -0.2) is 9.59 Å². The average molecular weight is 266 g/mol. The highest BCUT2D eigenvalue weighted by Crippen LogP contribution is 2.30. The molecule has 0 fully saturated rings. The van der Waals surface area contributed by atoms with Gasteiger partial charge in [-0.3, -0.25) is 0 Å². The van der Waals surface area contributed by atoms with Gasteiger partial charge in [-0.05, 0) is 25.3 Å². The Morgan fingerprint density at radius 2 is 2.33 bits per heavy atom. The van der Waals surface area contributed by atoms with Crippen molar-refractivity contribution in [2.75, 3.05) is 6.61 Å². The Balaban J connectivity index is 2.38. The molecule has 18 heavy (non-hydrogen) atoms. The molecule has 2 amide bonds. The highest BCUT2D eigenvalue weighted by Gasteiger charge is 2.32. The molecule has 0 radical (unpaired) electrons. The van der Waals surface area contributed by atoms with Crippen molar-refractivity contribution in [1.29, 1.82) is 0 Å². The van der Waals surface area contributed by atoms with Crippen molar-refractivity contribution in [1.82, 2.24) is 10.6 Å². The minimum absolute atomic E-state index is 0.306. The Morgan fingerprint density at radius 1 is 1.56 bits per heavy atom. The first-order valence-corrected chi connectivity index (χ1v) is 6.50. The van der Waals surface area contributed by atoms with Crippen molar-refractivity contribution >= 4 is 23.3 Å². The minimum Gasteiger partial charge on any atom is -0.463 e. The molecule has 6 heteroatoms. The van der Waals surface area contributed by atoms with Gasteiger partial charge < -0.3 is 15.4 Å². The van der Waals surface area contributed by atoms with E-state index in [0.29, 0.717) is 17.9 Å². The summed E-state index contributed by atoms with van der Waals surface area (Å²) in [4.78, 5) is 24.4. The summed E-state index contributed by atoms with van der Waals surface area (Å²) >= 11 is 1.49. The molecule has 1 atom stereocenters. The molecule has 1 aromatic heterocycles. The summed E-state index contributed by atoms with van der Waals surface area (Å²) < 4.78 is 5.03. The lowest BCUT2D eigenvalue weighted by atomic mass is 10.0. The van der Waals surface area contributed by atoms with Crippen molar-refractivity contribution in [3.63, 3.8) is 0 Å². The Labute approximate surface area is 109 Å². The Morgan fingerprint density at radius 3 is 2.94 bits per heavy atom. The summed E-state index contributed by atoms with van der Waals surface area (Å²) in [5.74, 6) is -0.402. The van der Waals surface area contributed by atoms with Gasteiger partial charge in [0, 0.05) is 10.6 Å². The van der Waals surface area contributed by atoms with Crippen LogP contribution in [0.25, 0.3) is 0 Å². The van der Waals surface area contributed by atoms with Crippen LogP contribution >= 0.6 is 11.3 Å². The van der Waals surface area contributed by atoms with Crippen LogP contribution in [0.1, 0.15) is 24.8 Å². The lowest BCUT2D eigenvalue weighted by Crippen LogP contribution is -2.45. The molecule has 96 valence electrons. The van der Waals surface area contributed by atoms with Crippen molar-refractivity contribution in [3.8, 4) is 0 Å². The molecule has 0 spiro atoms. The van der Waals surface area contributed by atoms with Gasteiger partial charge in [0.05, 0.1) is 18.2 Å². The number of rotatable bonds is 3. The maximum Gasteiger partial charge on any atom is 0.338 e. The number of carbonyl (C=O) groups is 2. The molecule has 2 rings (SSSR count). The number of urea groups is 1. The fourth-order valence-corrected chi connectivity index (χ4v) is 2.63. The maximum atomic E-state index is 12.0. The lowest BCUT2D eigenvalue weighted by molar-refractivity contribution is -0.139. The van der Waals surface area contributed by atoms with Crippen molar-refractivity contribution in [3.05, 3.63) is 33.7 Å². The summed E-state index contributed by atoms with van der Waals surface area (Å²) in [5.41, 5.74) is 0.995. The molecule has 0 saturated heterocycles. The maximum absolute atomic E-state index is 12.0. The molecule has 2 N–H and O–H groups in total. The smallest absolute Gasteiger partial charge is 0.338 e. The number of carbonyl (C=O) groups excluding carboxylic acids is 2. The number of hydrogen-bond donors (Lipinski definition) is 2. The summed E-state index contributed by atoms with van der Waals surface area (Å²) in [7, 11) is 0. The van der Waals surface area contributed by atoms with Gasteiger partial charge in [0.25, 0.3) is 0 Å². The Bertz CT molecular complexity index is 493. The van der Waals surface area contributed by atoms with Crippen LogP contribution in [-0.4, -0.2) is 18.6 Å². The average Bonchev–Trinajstić information content (AvgIpc) is 2.81.